The van der Waals surface area contributed by atoms with Crippen LogP contribution in [0.2, 0.25) is 0 Å². The number of carbonyl (C=O) groups excluding carboxylic acids is 2. The lowest BCUT2D eigenvalue weighted by atomic mass is 9.93. The fraction of sp³-hybridized carbons (Fsp3) is 0.294. The van der Waals surface area contributed by atoms with E-state index in [1.165, 1.54) is 18.1 Å². The van der Waals surface area contributed by atoms with Gasteiger partial charge in [0.15, 0.2) is 7.11 Å². The first kappa shape index (κ1) is 16.1. The lowest BCUT2D eigenvalue weighted by Crippen LogP contribution is -2.43. The third kappa shape index (κ3) is 2.52. The van der Waals surface area contributed by atoms with Crippen LogP contribution in [0.3, 0.4) is 0 Å². The number of amides is 2. The molecule has 0 saturated carbocycles. The summed E-state index contributed by atoms with van der Waals surface area (Å²) in [6, 6.07) is 8.29. The second-order valence-corrected chi connectivity index (χ2v) is 5.90. The Morgan fingerprint density at radius 3 is 2.50 bits per heavy atom. The van der Waals surface area contributed by atoms with Gasteiger partial charge in [-0.3, -0.25) is 14.5 Å². The standard InChI is InChI=1S/C17H18N3O4/c1-18(2)7-8-19-16(21)13-6-4-5-11-9-12(20(23)24-3)10-14(15(11)13)17(19)22/h4-6,9-10H,7-8H2,1-3H3/q+1. The van der Waals surface area contributed by atoms with Gasteiger partial charge >= 0.3 is 5.69 Å². The zero-order valence-electron chi connectivity index (χ0n) is 13.8. The first-order valence-corrected chi connectivity index (χ1v) is 7.53. The van der Waals surface area contributed by atoms with Gasteiger partial charge in [0.05, 0.1) is 10.5 Å². The summed E-state index contributed by atoms with van der Waals surface area (Å²) in [5, 5.41) is 1.24. The minimum absolute atomic E-state index is 0.215. The van der Waals surface area contributed by atoms with Gasteiger partial charge in [-0.05, 0) is 25.5 Å². The maximum Gasteiger partial charge on any atom is 0.318 e. The van der Waals surface area contributed by atoms with Gasteiger partial charge in [-0.1, -0.05) is 12.1 Å². The molecule has 2 aromatic rings. The molecule has 0 saturated heterocycles. The molecule has 0 N–H and O–H groups in total. The number of imide groups is 1. The van der Waals surface area contributed by atoms with E-state index in [0.717, 1.165) is 0 Å². The topological polar surface area (TPSA) is 69.9 Å². The average Bonchev–Trinajstić information content (AvgIpc) is 2.57. The van der Waals surface area contributed by atoms with Crippen LogP contribution in [-0.4, -0.2) is 60.8 Å². The van der Waals surface area contributed by atoms with Crippen molar-refractivity contribution in [2.45, 2.75) is 0 Å². The van der Waals surface area contributed by atoms with Crippen molar-refractivity contribution in [3.63, 3.8) is 0 Å². The molecule has 1 aliphatic heterocycles. The SMILES string of the molecule is CO[N+](=O)c1cc2c3c(cccc3c1)C(=O)N(CCN(C)C)C2=O. The van der Waals surface area contributed by atoms with Gasteiger partial charge in [0, 0.05) is 36.2 Å². The molecular formula is C17H18N3O4+. The van der Waals surface area contributed by atoms with E-state index in [4.69, 9.17) is 0 Å². The molecule has 0 aromatic heterocycles. The highest BCUT2D eigenvalue weighted by Gasteiger charge is 2.34. The Kier molecular flexibility index (Phi) is 4.02. The summed E-state index contributed by atoms with van der Waals surface area (Å²) in [7, 11) is 5.01. The number of carbonyl (C=O) groups is 2. The van der Waals surface area contributed by atoms with E-state index in [1.807, 2.05) is 19.0 Å². The molecule has 0 spiro atoms. The van der Waals surface area contributed by atoms with E-state index < -0.39 is 5.91 Å². The van der Waals surface area contributed by atoms with Crippen LogP contribution in [0.25, 0.3) is 10.8 Å². The van der Waals surface area contributed by atoms with Gasteiger partial charge < -0.3 is 4.90 Å². The first-order valence-electron chi connectivity index (χ1n) is 7.53. The number of hydrogen-bond acceptors (Lipinski definition) is 5. The molecule has 0 bridgehead atoms. The van der Waals surface area contributed by atoms with Crippen LogP contribution >= 0.6 is 0 Å². The van der Waals surface area contributed by atoms with Gasteiger partial charge in [0.2, 0.25) is 0 Å². The van der Waals surface area contributed by atoms with Crippen molar-refractivity contribution in [1.29, 1.82) is 0 Å². The van der Waals surface area contributed by atoms with E-state index in [1.54, 1.807) is 24.3 Å². The Morgan fingerprint density at radius 2 is 1.83 bits per heavy atom. The Hall–Kier alpha value is -2.80. The minimum Gasteiger partial charge on any atom is -0.308 e. The number of rotatable bonds is 5. The van der Waals surface area contributed by atoms with E-state index in [-0.39, 0.29) is 18.1 Å². The van der Waals surface area contributed by atoms with Gasteiger partial charge in [0.25, 0.3) is 16.7 Å². The zero-order valence-corrected chi connectivity index (χ0v) is 13.8. The van der Waals surface area contributed by atoms with Crippen LogP contribution in [0, 0.1) is 4.91 Å². The van der Waals surface area contributed by atoms with E-state index in [2.05, 4.69) is 4.84 Å². The molecule has 7 nitrogen and oxygen atoms in total. The highest BCUT2D eigenvalue weighted by atomic mass is 16.8. The summed E-state index contributed by atoms with van der Waals surface area (Å²) >= 11 is 0. The molecular weight excluding hydrogens is 310 g/mol. The molecule has 24 heavy (non-hydrogen) atoms. The van der Waals surface area contributed by atoms with E-state index >= 15 is 0 Å². The summed E-state index contributed by atoms with van der Waals surface area (Å²) in [6.45, 7) is 0.852. The molecule has 0 unspecified atom stereocenters. The number of likely N-dealkylation sites (N-methyl/N-ethyl adjacent to an activating group) is 1. The average molecular weight is 328 g/mol. The molecule has 1 heterocycles. The summed E-state index contributed by atoms with van der Waals surface area (Å²) < 4.78 is 0. The second kappa shape index (κ2) is 6.01. The van der Waals surface area contributed by atoms with Crippen LogP contribution in [0.15, 0.2) is 30.3 Å². The van der Waals surface area contributed by atoms with Crippen LogP contribution in [-0.2, 0) is 4.84 Å². The summed E-state index contributed by atoms with van der Waals surface area (Å²) in [5.41, 5.74) is 1.03. The van der Waals surface area contributed by atoms with Gasteiger partial charge in [-0.25, -0.2) is 4.84 Å². The molecule has 0 fully saturated rings. The normalized spacial score (nSPS) is 13.8. The third-order valence-corrected chi connectivity index (χ3v) is 4.06. The monoisotopic (exact) mass is 328 g/mol. The fourth-order valence-corrected chi connectivity index (χ4v) is 2.86. The summed E-state index contributed by atoms with van der Waals surface area (Å²) in [6.07, 6.45) is 0. The van der Waals surface area contributed by atoms with Crippen molar-refractivity contribution in [2.24, 2.45) is 0 Å². The van der Waals surface area contributed by atoms with Crippen LogP contribution in [0.4, 0.5) is 5.69 Å². The lowest BCUT2D eigenvalue weighted by Gasteiger charge is -2.27. The molecule has 0 radical (unpaired) electrons. The van der Waals surface area contributed by atoms with Gasteiger partial charge in [-0.15, -0.1) is 0 Å². The Balaban J connectivity index is 2.17. The highest BCUT2D eigenvalue weighted by molar-refractivity contribution is 6.25. The van der Waals surface area contributed by atoms with Crippen molar-refractivity contribution < 1.29 is 19.3 Å². The summed E-state index contributed by atoms with van der Waals surface area (Å²) in [5.74, 6) is -0.699. The molecule has 3 rings (SSSR count). The Labute approximate surface area is 138 Å². The first-order chi connectivity index (χ1) is 11.4. The highest BCUT2D eigenvalue weighted by Crippen LogP contribution is 2.33. The van der Waals surface area contributed by atoms with Crippen LogP contribution in [0.1, 0.15) is 20.7 Å². The molecule has 2 aromatic carbocycles. The third-order valence-electron chi connectivity index (χ3n) is 4.06. The minimum atomic E-state index is -0.392. The number of benzene rings is 2. The second-order valence-electron chi connectivity index (χ2n) is 5.90. The quantitative estimate of drug-likeness (QED) is 0.620. The largest absolute Gasteiger partial charge is 0.318 e. The zero-order chi connectivity index (χ0) is 17.4. The maximum atomic E-state index is 12.8. The number of nitrogens with zero attached hydrogens (tertiary/aromatic N) is 3. The molecule has 0 aliphatic carbocycles. The smallest absolute Gasteiger partial charge is 0.308 e. The van der Waals surface area contributed by atoms with E-state index in [9.17, 15) is 14.5 Å². The predicted molar refractivity (Wildman–Crippen MR) is 88.2 cm³/mol. The lowest BCUT2D eigenvalue weighted by molar-refractivity contribution is -0.736. The van der Waals surface area contributed by atoms with Crippen molar-refractivity contribution in [1.82, 2.24) is 9.80 Å². The Bertz CT molecular complexity index is 860. The molecule has 2 amide bonds. The molecule has 1 aliphatic rings. The van der Waals surface area contributed by atoms with Crippen molar-refractivity contribution in [3.05, 3.63) is 46.4 Å². The van der Waals surface area contributed by atoms with Gasteiger partial charge in [0.1, 0.15) is 0 Å². The molecule has 0 atom stereocenters. The molecule has 124 valence electrons. The van der Waals surface area contributed by atoms with Crippen molar-refractivity contribution >= 4 is 28.3 Å². The molecule has 7 heteroatoms. The Morgan fingerprint density at radius 1 is 1.12 bits per heavy atom. The van der Waals surface area contributed by atoms with Gasteiger partial charge in [-0.2, -0.15) is 0 Å². The summed E-state index contributed by atoms with van der Waals surface area (Å²) in [4.78, 5) is 45.4. The van der Waals surface area contributed by atoms with E-state index in [0.29, 0.717) is 33.4 Å². The van der Waals surface area contributed by atoms with Crippen LogP contribution in [0.5, 0.6) is 0 Å². The van der Waals surface area contributed by atoms with Crippen molar-refractivity contribution in [3.8, 4) is 0 Å². The van der Waals surface area contributed by atoms with Crippen LogP contribution < -0.4 is 0 Å². The fourth-order valence-electron chi connectivity index (χ4n) is 2.86. The van der Waals surface area contributed by atoms with Crippen molar-refractivity contribution in [2.75, 3.05) is 34.3 Å². The predicted octanol–water partition coefficient (Wildman–Crippen LogP) is 1.97. The number of hydrogen-bond donors (Lipinski definition) is 0. The maximum absolute atomic E-state index is 12.8.